The van der Waals surface area contributed by atoms with Gasteiger partial charge in [-0.2, -0.15) is 0 Å². The molecule has 0 bridgehead atoms. The van der Waals surface area contributed by atoms with Crippen molar-refractivity contribution >= 4 is 38.9 Å². The van der Waals surface area contributed by atoms with E-state index >= 15 is 0 Å². The highest BCUT2D eigenvalue weighted by atomic mass is 35.5. The fourth-order valence-electron chi connectivity index (χ4n) is 2.83. The molecule has 1 N–H and O–H groups in total. The van der Waals surface area contributed by atoms with Crippen molar-refractivity contribution in [2.75, 3.05) is 16.2 Å². The minimum absolute atomic E-state index is 0.0361. The summed E-state index contributed by atoms with van der Waals surface area (Å²) in [7, 11) is -4.00. The largest absolute Gasteiger partial charge is 0.319 e. The lowest BCUT2D eigenvalue weighted by molar-refractivity contribution is 0.102. The molecule has 30 heavy (non-hydrogen) atoms. The van der Waals surface area contributed by atoms with Gasteiger partial charge >= 0.3 is 0 Å². The van der Waals surface area contributed by atoms with Gasteiger partial charge in [-0.05, 0) is 49.4 Å². The van der Waals surface area contributed by atoms with Crippen LogP contribution >= 0.6 is 11.6 Å². The standard InChI is InChI=1S/C21H17ClF2N2O3S/c1-2-26(15-6-4-3-5-7-15)30(28,29)16-9-10-18(22)17(13-16)21(27)25-20-12-14(23)8-11-19(20)24/h3-13H,2H2,1H3,(H,25,27). The van der Waals surface area contributed by atoms with Crippen LogP contribution in [0.2, 0.25) is 5.02 Å². The molecule has 0 aliphatic heterocycles. The van der Waals surface area contributed by atoms with Crippen LogP contribution in [0.3, 0.4) is 0 Å². The highest BCUT2D eigenvalue weighted by molar-refractivity contribution is 7.92. The molecule has 3 aromatic rings. The molecule has 0 saturated heterocycles. The van der Waals surface area contributed by atoms with Gasteiger partial charge in [0, 0.05) is 12.6 Å². The Bertz CT molecular complexity index is 1190. The van der Waals surface area contributed by atoms with E-state index in [1.165, 1.54) is 16.4 Å². The molecular weight excluding hydrogens is 434 g/mol. The predicted octanol–water partition coefficient (Wildman–Crippen LogP) is 5.09. The van der Waals surface area contributed by atoms with Crippen LogP contribution in [0.1, 0.15) is 17.3 Å². The van der Waals surface area contributed by atoms with Crippen LogP contribution in [0.25, 0.3) is 0 Å². The Balaban J connectivity index is 1.98. The van der Waals surface area contributed by atoms with Gasteiger partial charge in [0.05, 0.1) is 26.9 Å². The number of halogens is 3. The molecule has 3 rings (SSSR count). The van der Waals surface area contributed by atoms with Gasteiger partial charge in [0.2, 0.25) is 0 Å². The highest BCUT2D eigenvalue weighted by Gasteiger charge is 2.25. The van der Waals surface area contributed by atoms with Crippen molar-refractivity contribution < 1.29 is 22.0 Å². The number of carbonyl (C=O) groups excluding carboxylic acids is 1. The molecule has 0 saturated carbocycles. The van der Waals surface area contributed by atoms with Gasteiger partial charge in [-0.15, -0.1) is 0 Å². The summed E-state index contributed by atoms with van der Waals surface area (Å²) in [5.41, 5.74) is -0.114. The van der Waals surface area contributed by atoms with Crippen molar-refractivity contribution in [1.82, 2.24) is 0 Å². The first-order chi connectivity index (χ1) is 14.2. The number of nitrogens with one attached hydrogen (secondary N) is 1. The summed E-state index contributed by atoms with van der Waals surface area (Å²) in [5.74, 6) is -2.45. The number of sulfonamides is 1. The maximum Gasteiger partial charge on any atom is 0.264 e. The monoisotopic (exact) mass is 450 g/mol. The van der Waals surface area contributed by atoms with Crippen LogP contribution in [-0.4, -0.2) is 20.9 Å². The first kappa shape index (κ1) is 21.7. The minimum atomic E-state index is -4.00. The number of carbonyl (C=O) groups is 1. The first-order valence-electron chi connectivity index (χ1n) is 8.87. The Morgan fingerprint density at radius 1 is 1.03 bits per heavy atom. The Hall–Kier alpha value is -2.97. The second-order valence-corrected chi connectivity index (χ2v) is 8.49. The lowest BCUT2D eigenvalue weighted by Gasteiger charge is -2.23. The summed E-state index contributed by atoms with van der Waals surface area (Å²) >= 11 is 6.07. The van der Waals surface area contributed by atoms with E-state index in [0.29, 0.717) is 5.69 Å². The fraction of sp³-hybridized carbons (Fsp3) is 0.0952. The number of anilines is 2. The predicted molar refractivity (Wildman–Crippen MR) is 112 cm³/mol. The first-order valence-corrected chi connectivity index (χ1v) is 10.7. The van der Waals surface area contributed by atoms with Crippen LogP contribution in [-0.2, 0) is 10.0 Å². The molecule has 3 aromatic carbocycles. The number of para-hydroxylation sites is 1. The Morgan fingerprint density at radius 2 is 1.73 bits per heavy atom. The van der Waals surface area contributed by atoms with Gasteiger partial charge < -0.3 is 5.32 Å². The second kappa shape index (κ2) is 8.81. The maximum absolute atomic E-state index is 13.8. The van der Waals surface area contributed by atoms with Crippen LogP contribution in [0.15, 0.2) is 71.6 Å². The number of hydrogen-bond acceptors (Lipinski definition) is 3. The fourth-order valence-corrected chi connectivity index (χ4v) is 4.54. The van der Waals surface area contributed by atoms with Crippen LogP contribution in [0, 0.1) is 11.6 Å². The summed E-state index contributed by atoms with van der Waals surface area (Å²) in [6.07, 6.45) is 0. The molecule has 0 heterocycles. The van der Waals surface area contributed by atoms with Crippen LogP contribution in [0.4, 0.5) is 20.2 Å². The molecule has 0 unspecified atom stereocenters. The van der Waals surface area contributed by atoms with Crippen LogP contribution in [0.5, 0.6) is 0 Å². The molecular formula is C21H17ClF2N2O3S. The van der Waals surface area contributed by atoms with E-state index in [-0.39, 0.29) is 27.7 Å². The smallest absolute Gasteiger partial charge is 0.264 e. The molecule has 0 fully saturated rings. The molecule has 0 aliphatic carbocycles. The summed E-state index contributed by atoms with van der Waals surface area (Å²) in [6.45, 7) is 1.84. The van der Waals surface area contributed by atoms with Gasteiger partial charge in [0.25, 0.3) is 15.9 Å². The van der Waals surface area contributed by atoms with Gasteiger partial charge in [0.15, 0.2) is 0 Å². The summed E-state index contributed by atoms with van der Waals surface area (Å²) in [5, 5.41) is 2.18. The van der Waals surface area contributed by atoms with E-state index in [4.69, 9.17) is 11.6 Å². The van der Waals surface area contributed by atoms with Crippen molar-refractivity contribution in [2.24, 2.45) is 0 Å². The van der Waals surface area contributed by atoms with E-state index in [1.54, 1.807) is 37.3 Å². The number of rotatable bonds is 6. The number of benzene rings is 3. The van der Waals surface area contributed by atoms with E-state index in [0.717, 1.165) is 24.3 Å². The number of hydrogen-bond donors (Lipinski definition) is 1. The molecule has 1 amide bonds. The van der Waals surface area contributed by atoms with Gasteiger partial charge in [0.1, 0.15) is 11.6 Å². The van der Waals surface area contributed by atoms with Gasteiger partial charge in [-0.1, -0.05) is 29.8 Å². The molecule has 0 spiro atoms. The molecule has 9 heteroatoms. The van der Waals surface area contributed by atoms with Crippen molar-refractivity contribution in [3.8, 4) is 0 Å². The third kappa shape index (κ3) is 4.44. The zero-order valence-corrected chi connectivity index (χ0v) is 17.3. The lowest BCUT2D eigenvalue weighted by Crippen LogP contribution is -2.31. The SMILES string of the molecule is CCN(c1ccccc1)S(=O)(=O)c1ccc(Cl)c(C(=O)Nc2cc(F)ccc2F)c1. The third-order valence-corrected chi connectivity index (χ3v) is 6.51. The normalized spacial score (nSPS) is 11.2. The van der Waals surface area contributed by atoms with E-state index in [2.05, 4.69) is 5.32 Å². The molecule has 0 aromatic heterocycles. The average molecular weight is 451 g/mol. The van der Waals surface area contributed by atoms with Crippen molar-refractivity contribution in [1.29, 1.82) is 0 Å². The summed E-state index contributed by atoms with van der Waals surface area (Å²) < 4.78 is 54.7. The van der Waals surface area contributed by atoms with Crippen molar-refractivity contribution in [3.05, 3.63) is 89.0 Å². The minimum Gasteiger partial charge on any atom is -0.319 e. The highest BCUT2D eigenvalue weighted by Crippen LogP contribution is 2.27. The van der Waals surface area contributed by atoms with Gasteiger partial charge in [-0.3, -0.25) is 9.10 Å². The molecule has 0 radical (unpaired) electrons. The Morgan fingerprint density at radius 3 is 2.40 bits per heavy atom. The zero-order valence-electron chi connectivity index (χ0n) is 15.8. The quantitative estimate of drug-likeness (QED) is 0.569. The second-order valence-electron chi connectivity index (χ2n) is 6.23. The Labute approximate surface area is 178 Å². The molecule has 0 atom stereocenters. The Kier molecular flexibility index (Phi) is 6.38. The average Bonchev–Trinajstić information content (AvgIpc) is 2.72. The summed E-state index contributed by atoms with van der Waals surface area (Å²) in [4.78, 5) is 12.4. The van der Waals surface area contributed by atoms with Gasteiger partial charge in [-0.25, -0.2) is 17.2 Å². The zero-order chi connectivity index (χ0) is 21.9. The maximum atomic E-state index is 13.8. The lowest BCUT2D eigenvalue weighted by atomic mass is 10.2. The number of amides is 1. The third-order valence-electron chi connectivity index (χ3n) is 4.28. The molecule has 0 aliphatic rings. The summed E-state index contributed by atoms with van der Waals surface area (Å²) in [6, 6.07) is 14.7. The molecule has 156 valence electrons. The number of nitrogens with zero attached hydrogens (tertiary/aromatic N) is 1. The van der Waals surface area contributed by atoms with E-state index in [9.17, 15) is 22.0 Å². The van der Waals surface area contributed by atoms with E-state index < -0.39 is 27.6 Å². The van der Waals surface area contributed by atoms with E-state index in [1.807, 2.05) is 0 Å². The molecule has 5 nitrogen and oxygen atoms in total. The topological polar surface area (TPSA) is 66.5 Å². The van der Waals surface area contributed by atoms with Crippen LogP contribution < -0.4 is 9.62 Å². The van der Waals surface area contributed by atoms with Crippen molar-refractivity contribution in [3.63, 3.8) is 0 Å². The van der Waals surface area contributed by atoms with Crippen molar-refractivity contribution in [2.45, 2.75) is 11.8 Å².